The van der Waals surface area contributed by atoms with Crippen LogP contribution in [0.5, 0.6) is 0 Å². The van der Waals surface area contributed by atoms with Gasteiger partial charge in [-0.15, -0.1) is 0 Å². The first-order chi connectivity index (χ1) is 12.6. The normalized spacial score (nSPS) is 26.0. The maximum absolute atomic E-state index is 14.0. The molecule has 0 amide bonds. The van der Waals surface area contributed by atoms with Crippen LogP contribution in [0.15, 0.2) is 59.6 Å². The van der Waals surface area contributed by atoms with Crippen molar-refractivity contribution in [3.8, 4) is 0 Å². The van der Waals surface area contributed by atoms with Gasteiger partial charge in [0.1, 0.15) is 11.4 Å². The quantitative estimate of drug-likeness (QED) is 0.865. The number of ether oxygens (including phenoxy) is 1. The van der Waals surface area contributed by atoms with E-state index in [1.165, 1.54) is 6.07 Å². The average Bonchev–Trinajstić information content (AvgIpc) is 2.60. The van der Waals surface area contributed by atoms with Crippen LogP contribution < -0.4 is 4.72 Å². The molecule has 0 aliphatic carbocycles. The maximum Gasteiger partial charge on any atom is 0.299 e. The molecule has 2 atom stereocenters. The molecule has 0 aromatic heterocycles. The van der Waals surface area contributed by atoms with E-state index in [2.05, 4.69) is 9.71 Å². The second-order valence-electron chi connectivity index (χ2n) is 7.25. The summed E-state index contributed by atoms with van der Waals surface area (Å²) in [6.45, 7) is 6.73. The molecule has 0 spiro atoms. The van der Waals surface area contributed by atoms with E-state index in [4.69, 9.17) is 4.74 Å². The van der Waals surface area contributed by atoms with Crippen LogP contribution in [0.25, 0.3) is 0 Å². The van der Waals surface area contributed by atoms with Crippen LogP contribution >= 0.6 is 0 Å². The average molecular weight is 390 g/mol. The lowest BCUT2D eigenvalue weighted by Crippen LogP contribution is -2.63. The van der Waals surface area contributed by atoms with Gasteiger partial charge >= 0.3 is 0 Å². The Hall–Kier alpha value is -2.41. The van der Waals surface area contributed by atoms with Gasteiger partial charge in [0.15, 0.2) is 4.75 Å². The predicted octanol–water partition coefficient (Wildman–Crippen LogP) is 3.89. The number of hydrogen-bond donors (Lipinski definition) is 1. The number of amidine groups is 1. The summed E-state index contributed by atoms with van der Waals surface area (Å²) < 4.78 is 47.4. The van der Waals surface area contributed by atoms with E-state index in [0.717, 1.165) is 0 Å². The summed E-state index contributed by atoms with van der Waals surface area (Å²) in [5.74, 6) is -0.401. The number of nitrogens with zero attached hydrogens (tertiary/aromatic N) is 1. The van der Waals surface area contributed by atoms with Crippen molar-refractivity contribution in [1.29, 1.82) is 0 Å². The molecule has 1 aliphatic rings. The third-order valence-electron chi connectivity index (χ3n) is 5.25. The Morgan fingerprint density at radius 3 is 2.22 bits per heavy atom. The van der Waals surface area contributed by atoms with Gasteiger partial charge in [-0.05, 0) is 39.3 Å². The van der Waals surface area contributed by atoms with E-state index in [1.807, 2.05) is 6.07 Å². The largest absolute Gasteiger partial charge is 0.456 e. The van der Waals surface area contributed by atoms with Crippen LogP contribution in [0.1, 0.15) is 44.9 Å². The number of aliphatic imine (C=N–C) groups is 1. The monoisotopic (exact) mass is 390 g/mol. The molecule has 1 fully saturated rings. The zero-order valence-electron chi connectivity index (χ0n) is 15.7. The van der Waals surface area contributed by atoms with Crippen molar-refractivity contribution in [1.82, 2.24) is 4.72 Å². The summed E-state index contributed by atoms with van der Waals surface area (Å²) in [7, 11) is -3.87. The lowest BCUT2D eigenvalue weighted by Gasteiger charge is -2.47. The standard InChI is InChI=1S/C20H23FN2O3S/c1-14(16-12-8-9-13-17(16)21)22-18-23-27(24,25)20(4,19(2,3)26-18)15-10-6-5-7-11-15/h5-14H,1-4H3,(H,22,23)/t14-,20?/m0/s1. The number of halogens is 1. The Bertz CT molecular complexity index is 974. The molecular weight excluding hydrogens is 367 g/mol. The zero-order chi connectivity index (χ0) is 19.9. The molecule has 0 radical (unpaired) electrons. The van der Waals surface area contributed by atoms with Crippen LogP contribution in [0.3, 0.4) is 0 Å². The van der Waals surface area contributed by atoms with Crippen molar-refractivity contribution in [2.24, 2.45) is 4.99 Å². The van der Waals surface area contributed by atoms with Crippen LogP contribution in [0.2, 0.25) is 0 Å². The Balaban J connectivity index is 2.01. The van der Waals surface area contributed by atoms with Crippen molar-refractivity contribution in [3.63, 3.8) is 0 Å². The van der Waals surface area contributed by atoms with Crippen molar-refractivity contribution in [3.05, 3.63) is 71.5 Å². The van der Waals surface area contributed by atoms with Crippen LogP contribution in [-0.2, 0) is 19.5 Å². The number of nitrogens with one attached hydrogen (secondary N) is 1. The molecule has 7 heteroatoms. The molecule has 2 aromatic carbocycles. The summed E-state index contributed by atoms with van der Waals surface area (Å²) >= 11 is 0. The van der Waals surface area contributed by atoms with Gasteiger partial charge in [0.2, 0.25) is 10.0 Å². The van der Waals surface area contributed by atoms with Crippen LogP contribution in [0, 0.1) is 5.82 Å². The van der Waals surface area contributed by atoms with Crippen molar-refractivity contribution < 1.29 is 17.5 Å². The van der Waals surface area contributed by atoms with E-state index < -0.39 is 32.2 Å². The van der Waals surface area contributed by atoms with Gasteiger partial charge in [0.25, 0.3) is 6.02 Å². The lowest BCUT2D eigenvalue weighted by molar-refractivity contribution is 0.0383. The van der Waals surface area contributed by atoms with Gasteiger partial charge in [-0.2, -0.15) is 0 Å². The number of benzene rings is 2. The molecular formula is C20H23FN2O3S. The molecule has 27 heavy (non-hydrogen) atoms. The van der Waals surface area contributed by atoms with Crippen LogP contribution in [0.4, 0.5) is 4.39 Å². The van der Waals surface area contributed by atoms with Gasteiger partial charge in [0.05, 0.1) is 6.04 Å². The van der Waals surface area contributed by atoms with E-state index in [0.29, 0.717) is 11.1 Å². The number of sulfonamides is 1. The molecule has 0 bridgehead atoms. The summed E-state index contributed by atoms with van der Waals surface area (Å²) in [6.07, 6.45) is 0. The molecule has 5 nitrogen and oxygen atoms in total. The summed E-state index contributed by atoms with van der Waals surface area (Å²) in [4.78, 5) is 4.28. The number of hydrogen-bond acceptors (Lipinski definition) is 4. The highest BCUT2D eigenvalue weighted by Gasteiger charge is 2.58. The molecule has 1 unspecified atom stereocenters. The molecule has 1 N–H and O–H groups in total. The van der Waals surface area contributed by atoms with Gasteiger partial charge in [-0.25, -0.2) is 22.5 Å². The van der Waals surface area contributed by atoms with Crippen LogP contribution in [-0.4, -0.2) is 20.0 Å². The lowest BCUT2D eigenvalue weighted by atomic mass is 9.85. The maximum atomic E-state index is 14.0. The Labute approximate surface area is 159 Å². The highest BCUT2D eigenvalue weighted by molar-refractivity contribution is 7.91. The summed E-state index contributed by atoms with van der Waals surface area (Å²) in [5, 5.41) is 0. The molecule has 2 aromatic rings. The topological polar surface area (TPSA) is 67.8 Å². The zero-order valence-corrected chi connectivity index (χ0v) is 16.5. The molecule has 1 saturated heterocycles. The van der Waals surface area contributed by atoms with Gasteiger partial charge in [-0.3, -0.25) is 0 Å². The fourth-order valence-electron chi connectivity index (χ4n) is 3.27. The minimum atomic E-state index is -3.87. The molecule has 1 heterocycles. The minimum absolute atomic E-state index is 0.135. The van der Waals surface area contributed by atoms with Crippen molar-refractivity contribution >= 4 is 16.0 Å². The second-order valence-corrected chi connectivity index (χ2v) is 9.28. The SMILES string of the molecule is C[C@H](N=C1NS(=O)(=O)C(C)(c2ccccc2)C(C)(C)O1)c1ccccc1F. The first kappa shape index (κ1) is 19.4. The molecule has 3 rings (SSSR count). The Morgan fingerprint density at radius 2 is 1.63 bits per heavy atom. The molecule has 144 valence electrons. The predicted molar refractivity (Wildman–Crippen MR) is 103 cm³/mol. The highest BCUT2D eigenvalue weighted by atomic mass is 32.2. The summed E-state index contributed by atoms with van der Waals surface area (Å²) in [5.41, 5.74) is -0.127. The third-order valence-corrected chi connectivity index (χ3v) is 7.50. The van der Waals surface area contributed by atoms with E-state index in [1.54, 1.807) is 70.2 Å². The minimum Gasteiger partial charge on any atom is -0.456 e. The fourth-order valence-corrected chi connectivity index (χ4v) is 4.94. The smallest absolute Gasteiger partial charge is 0.299 e. The fraction of sp³-hybridized carbons (Fsp3) is 0.350. The number of rotatable bonds is 3. The highest BCUT2D eigenvalue weighted by Crippen LogP contribution is 2.44. The van der Waals surface area contributed by atoms with Gasteiger partial charge < -0.3 is 4.74 Å². The first-order valence-corrected chi connectivity index (χ1v) is 10.2. The van der Waals surface area contributed by atoms with E-state index in [9.17, 15) is 12.8 Å². The van der Waals surface area contributed by atoms with E-state index in [-0.39, 0.29) is 6.02 Å². The third kappa shape index (κ3) is 3.20. The van der Waals surface area contributed by atoms with Gasteiger partial charge in [0, 0.05) is 5.56 Å². The van der Waals surface area contributed by atoms with Crippen molar-refractivity contribution in [2.75, 3.05) is 0 Å². The Morgan fingerprint density at radius 1 is 1.04 bits per heavy atom. The van der Waals surface area contributed by atoms with Gasteiger partial charge in [-0.1, -0.05) is 48.5 Å². The first-order valence-electron chi connectivity index (χ1n) is 8.67. The van der Waals surface area contributed by atoms with E-state index >= 15 is 0 Å². The second kappa shape index (κ2) is 6.64. The Kier molecular flexibility index (Phi) is 4.76. The molecule has 1 aliphatic heterocycles. The molecule has 0 saturated carbocycles. The van der Waals surface area contributed by atoms with Crippen molar-refractivity contribution in [2.45, 2.75) is 44.1 Å². The summed E-state index contributed by atoms with van der Waals surface area (Å²) in [6, 6.07) is 14.4.